The van der Waals surface area contributed by atoms with Crippen LogP contribution in [0.3, 0.4) is 0 Å². The van der Waals surface area contributed by atoms with E-state index in [1.165, 1.54) is 11.1 Å². The van der Waals surface area contributed by atoms with Gasteiger partial charge in [0.05, 0.1) is 23.9 Å². The number of aryl methyl sites for hydroxylation is 1. The quantitative estimate of drug-likeness (QED) is 0.530. The highest BCUT2D eigenvalue weighted by Gasteiger charge is 2.14. The fraction of sp³-hybridized carbons (Fsp3) is 0.0909. The van der Waals surface area contributed by atoms with E-state index in [9.17, 15) is 5.26 Å². The van der Waals surface area contributed by atoms with Crippen LogP contribution in [-0.4, -0.2) is 9.38 Å². The molecule has 0 aliphatic rings. The third-order valence-corrected chi connectivity index (χ3v) is 4.38. The van der Waals surface area contributed by atoms with Crippen LogP contribution < -0.4 is 0 Å². The third kappa shape index (κ3) is 2.79. The molecule has 2 aromatic carbocycles. The van der Waals surface area contributed by atoms with Crippen molar-refractivity contribution in [1.29, 1.82) is 5.26 Å². The normalized spacial score (nSPS) is 10.7. The van der Waals surface area contributed by atoms with Gasteiger partial charge in [0, 0.05) is 11.8 Å². The van der Waals surface area contributed by atoms with Gasteiger partial charge in [0.2, 0.25) is 0 Å². The molecule has 3 heteroatoms. The largest absolute Gasteiger partial charge is 0.302 e. The molecule has 2 heterocycles. The molecule has 0 atom stereocenters. The van der Waals surface area contributed by atoms with Crippen LogP contribution in [0.4, 0.5) is 0 Å². The van der Waals surface area contributed by atoms with Crippen molar-refractivity contribution in [2.24, 2.45) is 0 Å². The molecule has 120 valence electrons. The molecule has 0 amide bonds. The number of nitriles is 1. The molecule has 0 saturated carbocycles. The zero-order chi connectivity index (χ0) is 17.2. The Kier molecular flexibility index (Phi) is 3.80. The number of rotatable bonds is 3. The van der Waals surface area contributed by atoms with Crippen molar-refractivity contribution in [2.75, 3.05) is 0 Å². The summed E-state index contributed by atoms with van der Waals surface area (Å²) in [6.07, 6.45) is 2.37. The van der Waals surface area contributed by atoms with Crippen LogP contribution in [0.1, 0.15) is 11.3 Å². The summed E-state index contributed by atoms with van der Waals surface area (Å²) < 4.78 is 2.03. The van der Waals surface area contributed by atoms with Gasteiger partial charge < -0.3 is 4.40 Å². The predicted molar refractivity (Wildman–Crippen MR) is 100 cm³/mol. The first-order chi connectivity index (χ1) is 12.3. The Balaban J connectivity index is 1.82. The average molecular weight is 323 g/mol. The minimum atomic E-state index is 0.334. The Morgan fingerprint density at radius 2 is 1.56 bits per heavy atom. The van der Waals surface area contributed by atoms with Crippen molar-refractivity contribution in [3.63, 3.8) is 0 Å². The smallest absolute Gasteiger partial charge is 0.137 e. The minimum Gasteiger partial charge on any atom is -0.302 e. The summed E-state index contributed by atoms with van der Waals surface area (Å²) in [6.45, 7) is 2.05. The molecule has 3 nitrogen and oxygen atoms in total. The van der Waals surface area contributed by atoms with Crippen LogP contribution >= 0.6 is 0 Å². The Bertz CT molecular complexity index is 1070. The van der Waals surface area contributed by atoms with Gasteiger partial charge in [0.15, 0.2) is 0 Å². The summed E-state index contributed by atoms with van der Waals surface area (Å²) >= 11 is 0. The van der Waals surface area contributed by atoms with Crippen molar-refractivity contribution >= 4 is 5.65 Å². The summed E-state index contributed by atoms with van der Waals surface area (Å²) in [6, 6.07) is 25.0. The zero-order valence-corrected chi connectivity index (χ0v) is 14.0. The topological polar surface area (TPSA) is 41.1 Å². The molecule has 0 N–H and O–H groups in total. The molecule has 0 radical (unpaired) electrons. The van der Waals surface area contributed by atoms with Crippen molar-refractivity contribution in [1.82, 2.24) is 9.38 Å². The lowest BCUT2D eigenvalue weighted by Crippen LogP contribution is -1.94. The van der Waals surface area contributed by atoms with E-state index >= 15 is 0 Å². The van der Waals surface area contributed by atoms with Gasteiger partial charge in [-0.3, -0.25) is 0 Å². The molecule has 0 bridgehead atoms. The number of nitrogens with zero attached hydrogens (tertiary/aromatic N) is 3. The first-order valence-electron chi connectivity index (χ1n) is 8.26. The minimum absolute atomic E-state index is 0.334. The van der Waals surface area contributed by atoms with E-state index < -0.39 is 0 Å². The molecular formula is C22H17N3. The van der Waals surface area contributed by atoms with Crippen LogP contribution in [0.15, 0.2) is 72.9 Å². The van der Waals surface area contributed by atoms with Crippen molar-refractivity contribution < 1.29 is 0 Å². The van der Waals surface area contributed by atoms with Crippen molar-refractivity contribution in [3.8, 4) is 28.5 Å². The average Bonchev–Trinajstić information content (AvgIpc) is 3.01. The maximum atomic E-state index is 9.24. The lowest BCUT2D eigenvalue weighted by molar-refractivity contribution is 1.04. The summed E-state index contributed by atoms with van der Waals surface area (Å²) in [7, 11) is 0. The number of hydrogen-bond acceptors (Lipinski definition) is 2. The van der Waals surface area contributed by atoms with E-state index in [1.54, 1.807) is 0 Å². The Morgan fingerprint density at radius 1 is 0.880 bits per heavy atom. The van der Waals surface area contributed by atoms with Crippen LogP contribution in [0, 0.1) is 18.3 Å². The van der Waals surface area contributed by atoms with Crippen LogP contribution in [-0.2, 0) is 6.42 Å². The lowest BCUT2D eigenvalue weighted by atomic mass is 10.0. The number of imidazole rings is 1. The monoisotopic (exact) mass is 323 g/mol. The van der Waals surface area contributed by atoms with E-state index in [0.717, 1.165) is 28.2 Å². The Labute approximate surface area is 146 Å². The summed E-state index contributed by atoms with van der Waals surface area (Å²) in [5.74, 6) is 0. The molecule has 4 aromatic rings. The van der Waals surface area contributed by atoms with Gasteiger partial charge in [-0.05, 0) is 29.7 Å². The first-order valence-corrected chi connectivity index (χ1v) is 8.26. The third-order valence-electron chi connectivity index (χ3n) is 4.38. The second-order valence-electron chi connectivity index (χ2n) is 6.12. The van der Waals surface area contributed by atoms with Crippen molar-refractivity contribution in [3.05, 3.63) is 84.2 Å². The maximum absolute atomic E-state index is 9.24. The second kappa shape index (κ2) is 6.26. The fourth-order valence-electron chi connectivity index (χ4n) is 3.13. The van der Waals surface area contributed by atoms with Crippen LogP contribution in [0.5, 0.6) is 0 Å². The molecule has 0 unspecified atom stereocenters. The summed E-state index contributed by atoms with van der Waals surface area (Å²) in [5.41, 5.74) is 7.24. The number of hydrogen-bond donors (Lipinski definition) is 0. The summed E-state index contributed by atoms with van der Waals surface area (Å²) in [4.78, 5) is 4.76. The zero-order valence-electron chi connectivity index (χ0n) is 14.0. The molecule has 2 aromatic heterocycles. The van der Waals surface area contributed by atoms with Crippen molar-refractivity contribution in [2.45, 2.75) is 13.3 Å². The van der Waals surface area contributed by atoms with Gasteiger partial charge >= 0.3 is 0 Å². The predicted octanol–water partition coefficient (Wildman–Crippen LogP) is 5.04. The molecule has 25 heavy (non-hydrogen) atoms. The van der Waals surface area contributed by atoms with E-state index in [0.29, 0.717) is 6.42 Å². The lowest BCUT2D eigenvalue weighted by Gasteiger charge is -2.05. The highest BCUT2D eigenvalue weighted by atomic mass is 15.0. The van der Waals surface area contributed by atoms with Gasteiger partial charge in [-0.15, -0.1) is 0 Å². The van der Waals surface area contributed by atoms with Crippen LogP contribution in [0.25, 0.3) is 28.0 Å². The van der Waals surface area contributed by atoms with Gasteiger partial charge in [-0.1, -0.05) is 60.7 Å². The molecule has 0 aliphatic carbocycles. The Morgan fingerprint density at radius 3 is 2.28 bits per heavy atom. The number of fused-ring (bicyclic) bond motifs is 1. The number of pyridine rings is 1. The fourth-order valence-corrected chi connectivity index (χ4v) is 3.13. The maximum Gasteiger partial charge on any atom is 0.137 e. The molecule has 0 spiro atoms. The number of aromatic nitrogens is 2. The standard InChI is InChI=1S/C22H17N3/c1-16-7-12-21-24-22(20(13-14-23)25(21)15-16)19-10-8-18(9-11-19)17-5-3-2-4-6-17/h2-12,15H,13H2,1H3. The van der Waals surface area contributed by atoms with E-state index in [2.05, 4.69) is 42.5 Å². The van der Waals surface area contributed by atoms with Crippen LogP contribution in [0.2, 0.25) is 0 Å². The number of benzene rings is 2. The van der Waals surface area contributed by atoms with Gasteiger partial charge in [-0.2, -0.15) is 5.26 Å². The van der Waals surface area contributed by atoms with Gasteiger partial charge in [0.25, 0.3) is 0 Å². The van der Waals surface area contributed by atoms with Gasteiger partial charge in [-0.25, -0.2) is 4.98 Å². The Hall–Kier alpha value is -3.38. The highest BCUT2D eigenvalue weighted by molar-refractivity contribution is 5.72. The molecule has 4 rings (SSSR count). The molecule has 0 fully saturated rings. The first kappa shape index (κ1) is 15.2. The molecule has 0 saturated heterocycles. The highest BCUT2D eigenvalue weighted by Crippen LogP contribution is 2.28. The molecule has 0 aliphatic heterocycles. The SMILES string of the molecule is Cc1ccc2nc(-c3ccc(-c4ccccc4)cc3)c(CC#N)n2c1. The second-order valence-corrected chi connectivity index (χ2v) is 6.12. The van der Waals surface area contributed by atoms with E-state index in [1.807, 2.05) is 47.9 Å². The summed E-state index contributed by atoms with van der Waals surface area (Å²) in [5, 5.41) is 9.24. The molecular weight excluding hydrogens is 306 g/mol. The van der Waals surface area contributed by atoms with E-state index in [-0.39, 0.29) is 0 Å². The van der Waals surface area contributed by atoms with Gasteiger partial charge in [0.1, 0.15) is 5.65 Å². The van der Waals surface area contributed by atoms with E-state index in [4.69, 9.17) is 4.98 Å².